The van der Waals surface area contributed by atoms with E-state index in [1.165, 1.54) is 0 Å². The van der Waals surface area contributed by atoms with Crippen molar-refractivity contribution in [1.82, 2.24) is 19.8 Å². The van der Waals surface area contributed by atoms with Crippen molar-refractivity contribution < 1.29 is 0 Å². The molecule has 2 aromatic rings. The molecule has 0 saturated heterocycles. The second kappa shape index (κ2) is 3.24. The second-order valence-corrected chi connectivity index (χ2v) is 6.15. The van der Waals surface area contributed by atoms with Crippen LogP contribution >= 0.6 is 11.3 Å². The van der Waals surface area contributed by atoms with Crippen molar-refractivity contribution in [1.29, 1.82) is 0 Å². The van der Waals surface area contributed by atoms with Crippen molar-refractivity contribution in [2.45, 2.75) is 45.6 Å². The number of hydrogen-bond donors (Lipinski definition) is 1. The Balaban J connectivity index is 2.56. The zero-order chi connectivity index (χ0) is 12.1. The van der Waals surface area contributed by atoms with Gasteiger partial charge in [0.25, 0.3) is 0 Å². The number of aromatic nitrogens is 4. The van der Waals surface area contributed by atoms with Crippen molar-refractivity contribution in [3.05, 3.63) is 10.8 Å². The van der Waals surface area contributed by atoms with Crippen LogP contribution in [-0.4, -0.2) is 25.4 Å². The van der Waals surface area contributed by atoms with Crippen molar-refractivity contribution in [2.75, 3.05) is 0 Å². The van der Waals surface area contributed by atoms with Crippen molar-refractivity contribution in [2.24, 2.45) is 5.73 Å². The molecule has 88 valence electrons. The highest BCUT2D eigenvalue weighted by atomic mass is 32.1. The molecule has 0 aliphatic carbocycles. The smallest absolute Gasteiger partial charge is 0.234 e. The maximum Gasteiger partial charge on any atom is 0.234 e. The molecule has 0 aliphatic heterocycles. The Morgan fingerprint density at radius 2 is 1.81 bits per heavy atom. The van der Waals surface area contributed by atoms with E-state index in [-0.39, 0.29) is 11.0 Å². The summed E-state index contributed by atoms with van der Waals surface area (Å²) in [4.78, 5) is 0.824. The fourth-order valence-electron chi connectivity index (χ4n) is 1.24. The summed E-state index contributed by atoms with van der Waals surface area (Å²) in [7, 11) is 0. The fraction of sp³-hybridized carbons (Fsp3) is 0.700. The molecule has 0 amide bonds. The van der Waals surface area contributed by atoms with E-state index in [0.29, 0.717) is 0 Å². The first-order valence-corrected chi connectivity index (χ1v) is 6.03. The van der Waals surface area contributed by atoms with Gasteiger partial charge in [0.15, 0.2) is 5.82 Å². The minimum absolute atomic E-state index is 0.190. The Bertz CT molecular complexity index is 517. The maximum absolute atomic E-state index is 6.20. The van der Waals surface area contributed by atoms with Crippen LogP contribution in [0.4, 0.5) is 0 Å². The first-order chi connectivity index (χ1) is 7.23. The molecule has 16 heavy (non-hydrogen) atoms. The summed E-state index contributed by atoms with van der Waals surface area (Å²) in [5.41, 5.74) is 5.68. The molecule has 6 heteroatoms. The number of hydrogen-bond acceptors (Lipinski definition) is 5. The summed E-state index contributed by atoms with van der Waals surface area (Å²) in [5.74, 6) is 0.808. The lowest BCUT2D eigenvalue weighted by molar-refractivity contribution is 0.303. The molecular weight excluding hydrogens is 222 g/mol. The minimum Gasteiger partial charge on any atom is -0.325 e. The molecule has 0 radical (unpaired) electrons. The number of nitrogens with two attached hydrogens (primary N) is 1. The Labute approximate surface area is 98.7 Å². The van der Waals surface area contributed by atoms with Crippen LogP contribution in [0, 0.1) is 6.92 Å². The molecule has 0 unspecified atom stereocenters. The van der Waals surface area contributed by atoms with Crippen molar-refractivity contribution >= 4 is 16.3 Å². The van der Waals surface area contributed by atoms with Crippen LogP contribution in [-0.2, 0) is 5.41 Å². The van der Waals surface area contributed by atoms with Gasteiger partial charge in [-0.1, -0.05) is 25.2 Å². The molecule has 2 rings (SSSR count). The molecule has 0 saturated carbocycles. The summed E-state index contributed by atoms with van der Waals surface area (Å²) in [6.45, 7) is 10.1. The van der Waals surface area contributed by atoms with Gasteiger partial charge in [-0.15, -0.1) is 10.2 Å². The predicted molar refractivity (Wildman–Crippen MR) is 64.7 cm³/mol. The van der Waals surface area contributed by atoms with E-state index in [2.05, 4.69) is 29.1 Å². The van der Waals surface area contributed by atoms with Gasteiger partial charge in [-0.3, -0.25) is 0 Å². The van der Waals surface area contributed by atoms with Gasteiger partial charge in [0, 0.05) is 11.0 Å². The second-order valence-electron chi connectivity index (χ2n) is 5.20. The Morgan fingerprint density at radius 3 is 2.31 bits per heavy atom. The van der Waals surface area contributed by atoms with Crippen LogP contribution < -0.4 is 5.73 Å². The molecule has 2 heterocycles. The Kier molecular flexibility index (Phi) is 2.32. The highest BCUT2D eigenvalue weighted by molar-refractivity contribution is 7.16. The van der Waals surface area contributed by atoms with Gasteiger partial charge in [-0.2, -0.15) is 9.61 Å². The summed E-state index contributed by atoms with van der Waals surface area (Å²) in [6, 6.07) is 0. The molecule has 0 aliphatic rings. The van der Waals surface area contributed by atoms with Crippen molar-refractivity contribution in [3.8, 4) is 0 Å². The minimum atomic E-state index is -0.329. The molecule has 0 fully saturated rings. The molecular formula is C10H17N5S. The maximum atomic E-state index is 6.20. The third-order valence-corrected chi connectivity index (χ3v) is 4.51. The third-order valence-electron chi connectivity index (χ3n) is 3.29. The SMILES string of the molecule is Cc1nnc2sc(C(C)(C)C(C)(C)N)nn12. The van der Waals surface area contributed by atoms with Gasteiger partial charge < -0.3 is 5.73 Å². The molecule has 2 aromatic heterocycles. The number of nitrogens with zero attached hydrogens (tertiary/aromatic N) is 4. The van der Waals surface area contributed by atoms with E-state index in [9.17, 15) is 0 Å². The predicted octanol–water partition coefficient (Wildman–Crippen LogP) is 1.51. The summed E-state index contributed by atoms with van der Waals surface area (Å²) >= 11 is 1.55. The lowest BCUT2D eigenvalue weighted by Gasteiger charge is -2.36. The number of aryl methyl sites for hydroxylation is 1. The van der Waals surface area contributed by atoms with E-state index in [4.69, 9.17) is 5.73 Å². The van der Waals surface area contributed by atoms with E-state index < -0.39 is 0 Å². The summed E-state index contributed by atoms with van der Waals surface area (Å²) < 4.78 is 1.77. The lowest BCUT2D eigenvalue weighted by Crippen LogP contribution is -2.50. The highest BCUT2D eigenvalue weighted by Gasteiger charge is 2.38. The van der Waals surface area contributed by atoms with Crippen LogP contribution in [0.2, 0.25) is 0 Å². The van der Waals surface area contributed by atoms with Crippen LogP contribution in [0.3, 0.4) is 0 Å². The van der Waals surface area contributed by atoms with Crippen LogP contribution in [0.5, 0.6) is 0 Å². The highest BCUT2D eigenvalue weighted by Crippen LogP contribution is 2.35. The molecule has 0 aromatic carbocycles. The quantitative estimate of drug-likeness (QED) is 0.862. The fourth-order valence-corrected chi connectivity index (χ4v) is 2.40. The van der Waals surface area contributed by atoms with Gasteiger partial charge in [0.2, 0.25) is 4.96 Å². The average Bonchev–Trinajstić information content (AvgIpc) is 2.67. The third kappa shape index (κ3) is 1.53. The van der Waals surface area contributed by atoms with Gasteiger partial charge in [0.05, 0.1) is 0 Å². The van der Waals surface area contributed by atoms with Gasteiger partial charge in [0.1, 0.15) is 5.01 Å². The zero-order valence-corrected chi connectivity index (χ0v) is 11.1. The first kappa shape index (κ1) is 11.5. The van der Waals surface area contributed by atoms with Crippen LogP contribution in [0.1, 0.15) is 38.5 Å². The standard InChI is InChI=1S/C10H17N5S/c1-6-12-13-8-15(6)14-7(16-8)9(2,3)10(4,5)11/h11H2,1-5H3. The molecule has 2 N–H and O–H groups in total. The Hall–Kier alpha value is -1.01. The summed E-state index contributed by atoms with van der Waals surface area (Å²) in [6.07, 6.45) is 0. The van der Waals surface area contributed by atoms with Gasteiger partial charge in [-0.05, 0) is 20.8 Å². The molecule has 0 atom stereocenters. The number of rotatable bonds is 2. The van der Waals surface area contributed by atoms with Crippen LogP contribution in [0.15, 0.2) is 0 Å². The molecule has 0 spiro atoms. The van der Waals surface area contributed by atoms with E-state index in [0.717, 1.165) is 15.8 Å². The van der Waals surface area contributed by atoms with Gasteiger partial charge in [-0.25, -0.2) is 0 Å². The largest absolute Gasteiger partial charge is 0.325 e. The zero-order valence-electron chi connectivity index (χ0n) is 10.3. The number of fused-ring (bicyclic) bond motifs is 1. The molecule has 0 bridgehead atoms. The summed E-state index contributed by atoms with van der Waals surface area (Å²) in [5, 5.41) is 13.6. The average molecular weight is 239 g/mol. The van der Waals surface area contributed by atoms with E-state index in [1.807, 2.05) is 20.8 Å². The monoisotopic (exact) mass is 239 g/mol. The Morgan fingerprint density at radius 1 is 1.19 bits per heavy atom. The van der Waals surface area contributed by atoms with Crippen LogP contribution in [0.25, 0.3) is 4.96 Å². The topological polar surface area (TPSA) is 69.1 Å². The first-order valence-electron chi connectivity index (χ1n) is 5.21. The van der Waals surface area contributed by atoms with Gasteiger partial charge >= 0.3 is 0 Å². The van der Waals surface area contributed by atoms with Crippen molar-refractivity contribution in [3.63, 3.8) is 0 Å². The van der Waals surface area contributed by atoms with E-state index >= 15 is 0 Å². The normalized spacial score (nSPS) is 13.6. The lowest BCUT2D eigenvalue weighted by atomic mass is 9.76. The van der Waals surface area contributed by atoms with E-state index in [1.54, 1.807) is 15.9 Å². The molecule has 5 nitrogen and oxygen atoms in total.